The predicted octanol–water partition coefficient (Wildman–Crippen LogP) is -0.260. The molecular weight excluding hydrogens is 190 g/mol. The van der Waals surface area contributed by atoms with Gasteiger partial charge in [0.25, 0.3) is 0 Å². The van der Waals surface area contributed by atoms with Crippen LogP contribution < -0.4 is 5.73 Å². The van der Waals surface area contributed by atoms with E-state index in [1.54, 1.807) is 0 Å². The second-order valence-corrected chi connectivity index (χ2v) is 4.83. The minimum atomic E-state index is 0.299. The van der Waals surface area contributed by atoms with Crippen molar-refractivity contribution in [1.82, 2.24) is 9.80 Å². The maximum absolute atomic E-state index is 5.82. The summed E-state index contributed by atoms with van der Waals surface area (Å²) >= 11 is 0. The van der Waals surface area contributed by atoms with Gasteiger partial charge in [0.05, 0.1) is 13.2 Å². The van der Waals surface area contributed by atoms with Crippen LogP contribution in [0.4, 0.5) is 0 Å². The van der Waals surface area contributed by atoms with Crippen LogP contribution >= 0.6 is 0 Å². The van der Waals surface area contributed by atoms with E-state index in [2.05, 4.69) is 16.7 Å². The van der Waals surface area contributed by atoms with Gasteiger partial charge in [0.1, 0.15) is 0 Å². The monoisotopic (exact) mass is 213 g/mol. The highest BCUT2D eigenvalue weighted by Crippen LogP contribution is 2.16. The molecule has 0 aliphatic carbocycles. The molecule has 0 radical (unpaired) electrons. The smallest absolute Gasteiger partial charge is 0.0594 e. The third-order valence-corrected chi connectivity index (χ3v) is 3.36. The lowest BCUT2D eigenvalue weighted by Crippen LogP contribution is -2.45. The molecule has 2 atom stereocenters. The summed E-state index contributed by atoms with van der Waals surface area (Å²) in [5, 5.41) is 0. The number of nitrogens with two attached hydrogens (primary N) is 1. The molecule has 0 aromatic heterocycles. The van der Waals surface area contributed by atoms with E-state index in [-0.39, 0.29) is 0 Å². The van der Waals surface area contributed by atoms with Crippen LogP contribution in [0, 0.1) is 0 Å². The zero-order chi connectivity index (χ0) is 10.7. The lowest BCUT2D eigenvalue weighted by molar-refractivity contribution is 0.0184. The van der Waals surface area contributed by atoms with Gasteiger partial charge in [-0.15, -0.1) is 0 Å². The molecule has 2 unspecified atom stereocenters. The Morgan fingerprint density at radius 2 is 2.07 bits per heavy atom. The van der Waals surface area contributed by atoms with Gasteiger partial charge in [0, 0.05) is 38.3 Å². The topological polar surface area (TPSA) is 41.7 Å². The summed E-state index contributed by atoms with van der Waals surface area (Å²) < 4.78 is 5.38. The molecule has 2 heterocycles. The van der Waals surface area contributed by atoms with E-state index in [1.807, 2.05) is 0 Å². The Bertz CT molecular complexity index is 192. The summed E-state index contributed by atoms with van der Waals surface area (Å²) in [4.78, 5) is 5.06. The van der Waals surface area contributed by atoms with E-state index >= 15 is 0 Å². The van der Waals surface area contributed by atoms with Crippen LogP contribution in [-0.4, -0.2) is 67.8 Å². The van der Waals surface area contributed by atoms with Gasteiger partial charge in [-0.05, 0) is 19.9 Å². The molecule has 2 saturated heterocycles. The molecule has 88 valence electrons. The molecule has 0 bridgehead atoms. The van der Waals surface area contributed by atoms with E-state index < -0.39 is 0 Å². The van der Waals surface area contributed by atoms with Crippen LogP contribution in [0.2, 0.25) is 0 Å². The first kappa shape index (κ1) is 11.3. The molecule has 4 nitrogen and oxygen atoms in total. The molecule has 0 aromatic carbocycles. The largest absolute Gasteiger partial charge is 0.379 e. The van der Waals surface area contributed by atoms with Gasteiger partial charge < -0.3 is 15.4 Å². The van der Waals surface area contributed by atoms with E-state index in [1.165, 1.54) is 19.5 Å². The van der Waals surface area contributed by atoms with Crippen molar-refractivity contribution in [2.45, 2.75) is 25.4 Å². The fourth-order valence-electron chi connectivity index (χ4n) is 2.63. The minimum absolute atomic E-state index is 0.299. The van der Waals surface area contributed by atoms with Crippen molar-refractivity contribution < 1.29 is 4.74 Å². The van der Waals surface area contributed by atoms with Crippen LogP contribution in [0.1, 0.15) is 13.3 Å². The van der Waals surface area contributed by atoms with E-state index in [0.29, 0.717) is 6.04 Å². The fourth-order valence-corrected chi connectivity index (χ4v) is 2.63. The van der Waals surface area contributed by atoms with Crippen molar-refractivity contribution in [3.8, 4) is 0 Å². The van der Waals surface area contributed by atoms with Gasteiger partial charge in [0.2, 0.25) is 0 Å². The lowest BCUT2D eigenvalue weighted by Gasteiger charge is -2.32. The molecule has 4 heteroatoms. The van der Waals surface area contributed by atoms with Crippen molar-refractivity contribution >= 4 is 0 Å². The Balaban J connectivity index is 1.76. The summed E-state index contributed by atoms with van der Waals surface area (Å²) in [6.45, 7) is 9.56. The van der Waals surface area contributed by atoms with Gasteiger partial charge in [0.15, 0.2) is 0 Å². The molecule has 2 fully saturated rings. The Hall–Kier alpha value is -0.160. The van der Waals surface area contributed by atoms with Gasteiger partial charge in [-0.25, -0.2) is 0 Å². The first-order chi connectivity index (χ1) is 7.25. The van der Waals surface area contributed by atoms with Gasteiger partial charge in [-0.1, -0.05) is 0 Å². The normalized spacial score (nSPS) is 32.0. The SMILES string of the molecule is CC(N)CN1CCC(N2CCOCC2)C1. The Labute approximate surface area is 92.4 Å². The summed E-state index contributed by atoms with van der Waals surface area (Å²) in [6, 6.07) is 1.04. The second kappa shape index (κ2) is 5.25. The van der Waals surface area contributed by atoms with Crippen molar-refractivity contribution in [3.63, 3.8) is 0 Å². The van der Waals surface area contributed by atoms with Gasteiger partial charge in [-0.2, -0.15) is 0 Å². The molecule has 0 amide bonds. The highest BCUT2D eigenvalue weighted by molar-refractivity contribution is 4.85. The van der Waals surface area contributed by atoms with Gasteiger partial charge >= 0.3 is 0 Å². The molecule has 15 heavy (non-hydrogen) atoms. The maximum Gasteiger partial charge on any atom is 0.0594 e. The predicted molar refractivity (Wildman–Crippen MR) is 60.9 cm³/mol. The fraction of sp³-hybridized carbons (Fsp3) is 1.00. The van der Waals surface area contributed by atoms with Crippen molar-refractivity contribution in [2.75, 3.05) is 45.9 Å². The number of hydrogen-bond donors (Lipinski definition) is 1. The second-order valence-electron chi connectivity index (χ2n) is 4.83. The summed E-state index contributed by atoms with van der Waals surface area (Å²) in [7, 11) is 0. The molecule has 2 N–H and O–H groups in total. The zero-order valence-electron chi connectivity index (χ0n) is 9.69. The first-order valence-corrected chi connectivity index (χ1v) is 6.05. The van der Waals surface area contributed by atoms with Gasteiger partial charge in [-0.3, -0.25) is 4.90 Å². The number of nitrogens with zero attached hydrogens (tertiary/aromatic N) is 2. The van der Waals surface area contributed by atoms with Crippen molar-refractivity contribution in [3.05, 3.63) is 0 Å². The quantitative estimate of drug-likeness (QED) is 0.701. The molecular formula is C11H23N3O. The number of rotatable bonds is 3. The number of morpholine rings is 1. The van der Waals surface area contributed by atoms with E-state index in [9.17, 15) is 0 Å². The van der Waals surface area contributed by atoms with Crippen molar-refractivity contribution in [1.29, 1.82) is 0 Å². The summed E-state index contributed by atoms with van der Waals surface area (Å²) in [6.07, 6.45) is 1.30. The first-order valence-electron chi connectivity index (χ1n) is 6.05. The Morgan fingerprint density at radius 3 is 2.73 bits per heavy atom. The van der Waals surface area contributed by atoms with E-state index in [4.69, 9.17) is 10.5 Å². The lowest BCUT2D eigenvalue weighted by atomic mass is 10.2. The van der Waals surface area contributed by atoms with Crippen molar-refractivity contribution in [2.24, 2.45) is 5.73 Å². The average Bonchev–Trinajstić information content (AvgIpc) is 2.67. The number of hydrogen-bond acceptors (Lipinski definition) is 4. The molecule has 0 spiro atoms. The molecule has 2 aliphatic heterocycles. The summed E-state index contributed by atoms with van der Waals surface area (Å²) in [5.74, 6) is 0. The third kappa shape index (κ3) is 3.14. The highest BCUT2D eigenvalue weighted by atomic mass is 16.5. The van der Waals surface area contributed by atoms with Crippen LogP contribution in [0.25, 0.3) is 0 Å². The number of ether oxygens (including phenoxy) is 1. The van der Waals surface area contributed by atoms with Crippen LogP contribution in [0.5, 0.6) is 0 Å². The maximum atomic E-state index is 5.82. The molecule has 2 rings (SSSR count). The molecule has 0 saturated carbocycles. The van der Waals surface area contributed by atoms with Crippen LogP contribution in [0.3, 0.4) is 0 Å². The molecule has 2 aliphatic rings. The summed E-state index contributed by atoms with van der Waals surface area (Å²) in [5.41, 5.74) is 5.82. The highest BCUT2D eigenvalue weighted by Gasteiger charge is 2.28. The van der Waals surface area contributed by atoms with Crippen LogP contribution in [0.15, 0.2) is 0 Å². The third-order valence-electron chi connectivity index (χ3n) is 3.36. The number of likely N-dealkylation sites (tertiary alicyclic amines) is 1. The van der Waals surface area contributed by atoms with Crippen LogP contribution in [-0.2, 0) is 4.74 Å². The Kier molecular flexibility index (Phi) is 3.97. The standard InChI is InChI=1S/C11H23N3O/c1-10(12)8-13-3-2-11(9-13)14-4-6-15-7-5-14/h10-11H,2-9,12H2,1H3. The zero-order valence-corrected chi connectivity index (χ0v) is 9.69. The molecule has 0 aromatic rings. The Morgan fingerprint density at radius 1 is 1.33 bits per heavy atom. The average molecular weight is 213 g/mol. The van der Waals surface area contributed by atoms with E-state index in [0.717, 1.165) is 38.9 Å². The minimum Gasteiger partial charge on any atom is -0.379 e.